The second-order valence-electron chi connectivity index (χ2n) is 10.7. The van der Waals surface area contributed by atoms with Gasteiger partial charge in [-0.2, -0.15) is 0 Å². The van der Waals surface area contributed by atoms with Crippen molar-refractivity contribution in [3.63, 3.8) is 0 Å². The molecule has 2 bridgehead atoms. The quantitative estimate of drug-likeness (QED) is 0.318. The zero-order valence-corrected chi connectivity index (χ0v) is 20.7. The predicted octanol–water partition coefficient (Wildman–Crippen LogP) is 4.65. The number of hydrogen-bond acceptors (Lipinski definition) is 4. The summed E-state index contributed by atoms with van der Waals surface area (Å²) >= 11 is 0. The number of hydrogen-bond donors (Lipinski definition) is 1. The summed E-state index contributed by atoms with van der Waals surface area (Å²) < 4.78 is 0. The Bertz CT molecular complexity index is 1510. The molecule has 6 heteroatoms. The summed E-state index contributed by atoms with van der Waals surface area (Å²) in [4.78, 5) is 55.4. The summed E-state index contributed by atoms with van der Waals surface area (Å²) in [7, 11) is 0. The van der Waals surface area contributed by atoms with Crippen LogP contribution in [-0.2, 0) is 20.8 Å². The smallest absolute Gasteiger partial charge is 0.248 e. The Kier molecular flexibility index (Phi) is 5.18. The van der Waals surface area contributed by atoms with Gasteiger partial charge in [-0.05, 0) is 53.5 Å². The van der Waals surface area contributed by atoms with Gasteiger partial charge in [0.25, 0.3) is 0 Å². The minimum Gasteiger partial charge on any atom is -0.324 e. The number of nitrogens with one attached hydrogen (secondary N) is 1. The van der Waals surface area contributed by atoms with E-state index in [4.69, 9.17) is 0 Å². The van der Waals surface area contributed by atoms with Crippen LogP contribution in [0, 0.1) is 23.7 Å². The molecular formula is C32H26N2O4. The molecule has 188 valence electrons. The van der Waals surface area contributed by atoms with Gasteiger partial charge in [-0.3, -0.25) is 24.1 Å². The van der Waals surface area contributed by atoms with Gasteiger partial charge < -0.3 is 5.32 Å². The SMILES string of the molecule is O=C1c2ccccc2-c2ccc(NC(=O)[C@H](Cc3ccccc3)N3C(=O)[C@H]4[C@H](C3=O)[C@H]3C=C[C@H]4CC3)cc21. The van der Waals surface area contributed by atoms with Gasteiger partial charge in [0, 0.05) is 23.2 Å². The van der Waals surface area contributed by atoms with Gasteiger partial charge >= 0.3 is 0 Å². The molecule has 0 unspecified atom stereocenters. The number of fused-ring (bicyclic) bond motifs is 4. The van der Waals surface area contributed by atoms with Crippen molar-refractivity contribution in [1.29, 1.82) is 0 Å². The first-order valence-electron chi connectivity index (χ1n) is 13.2. The number of anilines is 1. The van der Waals surface area contributed by atoms with Crippen LogP contribution in [0.5, 0.6) is 0 Å². The molecule has 4 aliphatic carbocycles. The van der Waals surface area contributed by atoms with E-state index in [1.54, 1.807) is 18.2 Å². The summed E-state index contributed by atoms with van der Waals surface area (Å²) in [5, 5.41) is 2.92. The van der Waals surface area contributed by atoms with Crippen LogP contribution in [0.2, 0.25) is 0 Å². The van der Waals surface area contributed by atoms with Crippen LogP contribution in [0.1, 0.15) is 34.3 Å². The van der Waals surface area contributed by atoms with Crippen molar-refractivity contribution in [2.24, 2.45) is 23.7 Å². The standard InChI is InChI=1S/C32H26N2O4/c35-29-24-9-5-4-8-22(24)23-15-14-21(17-25(23)29)33-30(36)26(16-18-6-2-1-3-7-18)34-31(37)27-19-10-11-20(13-12-19)28(27)32(34)38/h1-11,14-15,17,19-20,26-28H,12-13,16H2,(H,33,36)/t19-,20-,26-,27+,28+/m0/s1. The molecule has 1 aliphatic heterocycles. The molecule has 3 aromatic rings. The summed E-state index contributed by atoms with van der Waals surface area (Å²) in [6, 6.07) is 21.2. The number of allylic oxidation sites excluding steroid dienone is 2. The Hall–Kier alpha value is -4.32. The van der Waals surface area contributed by atoms with Gasteiger partial charge in [0.15, 0.2) is 5.78 Å². The molecule has 5 atom stereocenters. The highest BCUT2D eigenvalue weighted by atomic mass is 16.2. The number of likely N-dealkylation sites (tertiary alicyclic amines) is 1. The van der Waals surface area contributed by atoms with Crippen molar-refractivity contribution in [3.05, 3.63) is 102 Å². The molecular weight excluding hydrogens is 476 g/mol. The van der Waals surface area contributed by atoms with E-state index in [2.05, 4.69) is 17.5 Å². The van der Waals surface area contributed by atoms with Gasteiger partial charge in [0.05, 0.1) is 11.8 Å². The van der Waals surface area contributed by atoms with Crippen LogP contribution >= 0.6 is 0 Å². The molecule has 5 aliphatic rings. The minimum atomic E-state index is -0.983. The topological polar surface area (TPSA) is 83.6 Å². The van der Waals surface area contributed by atoms with Crippen molar-refractivity contribution in [2.45, 2.75) is 25.3 Å². The Labute approximate surface area is 220 Å². The fourth-order valence-corrected chi connectivity index (χ4v) is 6.87. The number of ketones is 1. The average Bonchev–Trinajstić information content (AvgIpc) is 3.40. The Balaban J connectivity index is 1.21. The number of carbonyl (C=O) groups is 4. The van der Waals surface area contributed by atoms with E-state index in [0.29, 0.717) is 16.8 Å². The van der Waals surface area contributed by atoms with E-state index < -0.39 is 11.9 Å². The van der Waals surface area contributed by atoms with E-state index in [-0.39, 0.29) is 47.7 Å². The zero-order valence-electron chi connectivity index (χ0n) is 20.7. The molecule has 1 saturated carbocycles. The molecule has 0 aromatic heterocycles. The summed E-state index contributed by atoms with van der Waals surface area (Å²) in [5.41, 5.74) is 4.22. The maximum Gasteiger partial charge on any atom is 0.248 e. The number of nitrogens with zero attached hydrogens (tertiary/aromatic N) is 1. The highest BCUT2D eigenvalue weighted by molar-refractivity contribution is 6.22. The Morgan fingerprint density at radius 3 is 2.03 bits per heavy atom. The molecule has 6 nitrogen and oxygen atoms in total. The van der Waals surface area contributed by atoms with Crippen LogP contribution in [0.15, 0.2) is 84.9 Å². The van der Waals surface area contributed by atoms with Crippen molar-refractivity contribution >= 4 is 29.2 Å². The molecule has 38 heavy (non-hydrogen) atoms. The van der Waals surface area contributed by atoms with Crippen molar-refractivity contribution in [3.8, 4) is 11.1 Å². The lowest BCUT2D eigenvalue weighted by atomic mass is 9.63. The second kappa shape index (κ2) is 8.62. The van der Waals surface area contributed by atoms with Crippen molar-refractivity contribution in [2.75, 3.05) is 5.32 Å². The van der Waals surface area contributed by atoms with Crippen LogP contribution in [0.4, 0.5) is 5.69 Å². The van der Waals surface area contributed by atoms with Gasteiger partial charge in [0.2, 0.25) is 17.7 Å². The first-order valence-corrected chi connectivity index (χ1v) is 13.2. The van der Waals surface area contributed by atoms with E-state index >= 15 is 0 Å². The third kappa shape index (κ3) is 3.40. The maximum absolute atomic E-state index is 13.8. The fraction of sp³-hybridized carbons (Fsp3) is 0.250. The first-order chi connectivity index (χ1) is 18.5. The molecule has 0 radical (unpaired) electrons. The van der Waals surface area contributed by atoms with E-state index in [0.717, 1.165) is 29.5 Å². The van der Waals surface area contributed by atoms with Crippen molar-refractivity contribution in [1.82, 2.24) is 4.90 Å². The lowest BCUT2D eigenvalue weighted by Crippen LogP contribution is -2.49. The van der Waals surface area contributed by atoms with Crippen molar-refractivity contribution < 1.29 is 19.2 Å². The normalized spacial score (nSPS) is 25.3. The molecule has 3 aromatic carbocycles. The number of rotatable bonds is 5. The molecule has 2 fully saturated rings. The van der Waals surface area contributed by atoms with E-state index in [9.17, 15) is 19.2 Å². The maximum atomic E-state index is 13.8. The minimum absolute atomic E-state index is 0.0521. The fourth-order valence-electron chi connectivity index (χ4n) is 6.87. The molecule has 1 N–H and O–H groups in total. The van der Waals surface area contributed by atoms with Crippen LogP contribution in [-0.4, -0.2) is 34.4 Å². The number of carbonyl (C=O) groups excluding carboxylic acids is 4. The van der Waals surface area contributed by atoms with Crippen LogP contribution in [0.25, 0.3) is 11.1 Å². The Morgan fingerprint density at radius 1 is 0.763 bits per heavy atom. The molecule has 3 amide bonds. The average molecular weight is 503 g/mol. The van der Waals surface area contributed by atoms with Gasteiger partial charge in [-0.1, -0.05) is 72.8 Å². The van der Waals surface area contributed by atoms with Crippen LogP contribution < -0.4 is 5.32 Å². The lowest BCUT2D eigenvalue weighted by molar-refractivity contribution is -0.146. The summed E-state index contributed by atoms with van der Waals surface area (Å²) in [6.07, 6.45) is 6.18. The monoisotopic (exact) mass is 502 g/mol. The lowest BCUT2D eigenvalue weighted by Gasteiger charge is -2.38. The number of amides is 3. The third-order valence-corrected chi connectivity index (χ3v) is 8.67. The zero-order chi connectivity index (χ0) is 26.0. The summed E-state index contributed by atoms with van der Waals surface area (Å²) in [6.45, 7) is 0. The molecule has 0 spiro atoms. The summed E-state index contributed by atoms with van der Waals surface area (Å²) in [5.74, 6) is -1.65. The van der Waals surface area contributed by atoms with Crippen LogP contribution in [0.3, 0.4) is 0 Å². The van der Waals surface area contributed by atoms with Gasteiger partial charge in [0.1, 0.15) is 6.04 Å². The molecule has 1 heterocycles. The van der Waals surface area contributed by atoms with E-state index in [1.807, 2.05) is 54.6 Å². The predicted molar refractivity (Wildman–Crippen MR) is 142 cm³/mol. The number of imide groups is 1. The molecule has 1 saturated heterocycles. The number of benzene rings is 3. The molecule has 8 rings (SSSR count). The van der Waals surface area contributed by atoms with Gasteiger partial charge in [-0.15, -0.1) is 0 Å². The van der Waals surface area contributed by atoms with Gasteiger partial charge in [-0.25, -0.2) is 0 Å². The largest absolute Gasteiger partial charge is 0.324 e. The highest BCUT2D eigenvalue weighted by Crippen LogP contribution is 2.50. The Morgan fingerprint density at radius 2 is 1.37 bits per heavy atom. The third-order valence-electron chi connectivity index (χ3n) is 8.67. The van der Waals surface area contributed by atoms with E-state index in [1.165, 1.54) is 4.90 Å². The first kappa shape index (κ1) is 22.8. The second-order valence-corrected chi connectivity index (χ2v) is 10.7. The highest BCUT2D eigenvalue weighted by Gasteiger charge is 2.58.